The van der Waals surface area contributed by atoms with Crippen LogP contribution >= 0.6 is 0 Å². The van der Waals surface area contributed by atoms with Crippen LogP contribution in [0.2, 0.25) is 0 Å². The van der Waals surface area contributed by atoms with Crippen LogP contribution in [-0.4, -0.2) is 16.1 Å². The minimum Gasteiger partial charge on any atom is -0.385 e. The third-order valence-corrected chi connectivity index (χ3v) is 3.58. The van der Waals surface area contributed by atoms with E-state index < -0.39 is 0 Å². The van der Waals surface area contributed by atoms with Gasteiger partial charge in [0.1, 0.15) is 11.3 Å². The summed E-state index contributed by atoms with van der Waals surface area (Å²) >= 11 is 0. The van der Waals surface area contributed by atoms with E-state index in [0.717, 1.165) is 36.5 Å². The van der Waals surface area contributed by atoms with Crippen LogP contribution in [0.15, 0.2) is 48.5 Å². The van der Waals surface area contributed by atoms with Crippen LogP contribution in [-0.2, 0) is 13.0 Å². The molecule has 21 heavy (non-hydrogen) atoms. The van der Waals surface area contributed by atoms with Crippen LogP contribution in [0.3, 0.4) is 0 Å². The lowest BCUT2D eigenvalue weighted by Crippen LogP contribution is -2.09. The predicted molar refractivity (Wildman–Crippen MR) is 84.0 cm³/mol. The highest BCUT2D eigenvalue weighted by Crippen LogP contribution is 2.19. The predicted octanol–water partition coefficient (Wildman–Crippen LogP) is 3.85. The number of nitrogens with one attached hydrogen (secondary N) is 1. The number of aryl methyl sites for hydroxylation is 1. The Bertz CT molecular complexity index is 734. The summed E-state index contributed by atoms with van der Waals surface area (Å²) < 4.78 is 15.9. The Morgan fingerprint density at radius 2 is 1.90 bits per heavy atom. The first-order valence-electron chi connectivity index (χ1n) is 7.22. The maximum Gasteiger partial charge on any atom is 0.151 e. The zero-order chi connectivity index (χ0) is 14.7. The van der Waals surface area contributed by atoms with E-state index in [9.17, 15) is 4.39 Å². The molecule has 0 amide bonds. The number of hydrogen-bond donors (Lipinski definition) is 1. The van der Waals surface area contributed by atoms with Crippen molar-refractivity contribution in [2.45, 2.75) is 19.9 Å². The van der Waals surface area contributed by atoms with Crippen LogP contribution in [0.5, 0.6) is 0 Å². The monoisotopic (exact) mass is 283 g/mol. The molecule has 1 heterocycles. The number of anilines is 1. The first kappa shape index (κ1) is 13.6. The molecular weight excluding hydrogens is 265 g/mol. The van der Waals surface area contributed by atoms with Crippen molar-refractivity contribution < 1.29 is 4.39 Å². The Labute approximate surface area is 123 Å². The molecule has 0 bridgehead atoms. The smallest absolute Gasteiger partial charge is 0.151 e. The van der Waals surface area contributed by atoms with Gasteiger partial charge in [0.2, 0.25) is 0 Å². The molecule has 0 saturated carbocycles. The number of halogens is 1. The van der Waals surface area contributed by atoms with Gasteiger partial charge >= 0.3 is 0 Å². The van der Waals surface area contributed by atoms with Crippen molar-refractivity contribution in [1.82, 2.24) is 9.55 Å². The molecular formula is C17H18FN3. The van der Waals surface area contributed by atoms with Crippen LogP contribution in [0.1, 0.15) is 12.7 Å². The number of imidazole rings is 1. The van der Waals surface area contributed by atoms with Gasteiger partial charge in [-0.1, -0.05) is 24.3 Å². The van der Waals surface area contributed by atoms with Gasteiger partial charge < -0.3 is 9.88 Å². The van der Waals surface area contributed by atoms with Crippen molar-refractivity contribution in [3.8, 4) is 0 Å². The molecule has 0 aliphatic heterocycles. The summed E-state index contributed by atoms with van der Waals surface area (Å²) in [6.45, 7) is 3.62. The van der Waals surface area contributed by atoms with Crippen molar-refractivity contribution in [2.24, 2.45) is 0 Å². The summed E-state index contributed by atoms with van der Waals surface area (Å²) in [5.74, 6) is 0.665. The van der Waals surface area contributed by atoms with E-state index in [-0.39, 0.29) is 5.82 Å². The number of rotatable bonds is 5. The summed E-state index contributed by atoms with van der Waals surface area (Å²) in [6, 6.07) is 15.2. The molecule has 0 aliphatic carbocycles. The van der Waals surface area contributed by atoms with E-state index >= 15 is 0 Å². The zero-order valence-electron chi connectivity index (χ0n) is 12.0. The van der Waals surface area contributed by atoms with Gasteiger partial charge in [-0.05, 0) is 31.2 Å². The van der Waals surface area contributed by atoms with Crippen molar-refractivity contribution in [3.05, 3.63) is 60.2 Å². The number of hydrogen-bond acceptors (Lipinski definition) is 2. The van der Waals surface area contributed by atoms with Crippen molar-refractivity contribution in [1.29, 1.82) is 0 Å². The first-order valence-corrected chi connectivity index (χ1v) is 7.22. The van der Waals surface area contributed by atoms with E-state index in [1.807, 2.05) is 36.4 Å². The summed E-state index contributed by atoms with van der Waals surface area (Å²) in [6.07, 6.45) is 0.761. The van der Waals surface area contributed by atoms with Gasteiger partial charge in [-0.3, -0.25) is 0 Å². The summed E-state index contributed by atoms with van der Waals surface area (Å²) in [7, 11) is 0. The van der Waals surface area contributed by atoms with Crippen molar-refractivity contribution >= 4 is 16.7 Å². The Kier molecular flexibility index (Phi) is 3.86. The third-order valence-electron chi connectivity index (χ3n) is 3.58. The topological polar surface area (TPSA) is 29.9 Å². The second kappa shape index (κ2) is 5.95. The average Bonchev–Trinajstić information content (AvgIpc) is 2.87. The molecule has 3 aromatic rings. The van der Waals surface area contributed by atoms with Crippen LogP contribution in [0, 0.1) is 5.82 Å². The quantitative estimate of drug-likeness (QED) is 0.770. The second-order valence-corrected chi connectivity index (χ2v) is 4.92. The SMILES string of the molecule is CCn1c(CCNc2ccccc2)nc2c(F)cccc21. The average molecular weight is 283 g/mol. The number of nitrogens with zero attached hydrogens (tertiary/aromatic N) is 2. The molecule has 2 aromatic carbocycles. The molecule has 4 heteroatoms. The fourth-order valence-electron chi connectivity index (χ4n) is 2.58. The van der Waals surface area contributed by atoms with E-state index in [1.165, 1.54) is 6.07 Å². The molecule has 108 valence electrons. The van der Waals surface area contributed by atoms with Gasteiger partial charge in [-0.25, -0.2) is 9.37 Å². The highest BCUT2D eigenvalue weighted by atomic mass is 19.1. The lowest BCUT2D eigenvalue weighted by molar-refractivity contribution is 0.637. The minimum atomic E-state index is -0.253. The summed E-state index contributed by atoms with van der Waals surface area (Å²) in [5, 5.41) is 3.36. The lowest BCUT2D eigenvalue weighted by Gasteiger charge is -2.08. The maximum atomic E-state index is 13.8. The first-order chi connectivity index (χ1) is 10.3. The number of aromatic nitrogens is 2. The number of benzene rings is 2. The van der Waals surface area contributed by atoms with Gasteiger partial charge in [-0.2, -0.15) is 0 Å². The molecule has 3 nitrogen and oxygen atoms in total. The highest BCUT2D eigenvalue weighted by molar-refractivity contribution is 5.76. The molecule has 0 spiro atoms. The fourth-order valence-corrected chi connectivity index (χ4v) is 2.58. The lowest BCUT2D eigenvalue weighted by atomic mass is 10.3. The van der Waals surface area contributed by atoms with Crippen LogP contribution < -0.4 is 5.32 Å². The molecule has 1 N–H and O–H groups in total. The molecule has 0 atom stereocenters. The molecule has 0 unspecified atom stereocenters. The molecule has 1 aromatic heterocycles. The third kappa shape index (κ3) is 2.75. The van der Waals surface area contributed by atoms with E-state index in [4.69, 9.17) is 0 Å². The van der Waals surface area contributed by atoms with E-state index in [2.05, 4.69) is 21.8 Å². The summed E-state index contributed by atoms with van der Waals surface area (Å²) in [4.78, 5) is 4.46. The van der Waals surface area contributed by atoms with Gasteiger partial charge in [0, 0.05) is 25.2 Å². The standard InChI is InChI=1S/C17H18FN3/c1-2-21-15-10-6-9-14(18)17(15)20-16(21)11-12-19-13-7-4-3-5-8-13/h3-10,19H,2,11-12H2,1H3. The summed E-state index contributed by atoms with van der Waals surface area (Å²) in [5.41, 5.74) is 2.42. The normalized spacial score (nSPS) is 11.0. The van der Waals surface area contributed by atoms with Crippen LogP contribution in [0.25, 0.3) is 11.0 Å². The fraction of sp³-hybridized carbons (Fsp3) is 0.235. The Balaban J connectivity index is 1.79. The molecule has 3 rings (SSSR count). The number of para-hydroxylation sites is 2. The Morgan fingerprint density at radius 3 is 2.67 bits per heavy atom. The zero-order valence-corrected chi connectivity index (χ0v) is 12.0. The number of fused-ring (bicyclic) bond motifs is 1. The highest BCUT2D eigenvalue weighted by Gasteiger charge is 2.12. The van der Waals surface area contributed by atoms with Crippen molar-refractivity contribution in [3.63, 3.8) is 0 Å². The van der Waals surface area contributed by atoms with Gasteiger partial charge in [-0.15, -0.1) is 0 Å². The molecule has 0 aliphatic rings. The molecule has 0 fully saturated rings. The van der Waals surface area contributed by atoms with Gasteiger partial charge in [0.25, 0.3) is 0 Å². The van der Waals surface area contributed by atoms with Gasteiger partial charge in [0.05, 0.1) is 5.52 Å². The van der Waals surface area contributed by atoms with Gasteiger partial charge in [0.15, 0.2) is 5.82 Å². The minimum absolute atomic E-state index is 0.253. The van der Waals surface area contributed by atoms with Crippen LogP contribution in [0.4, 0.5) is 10.1 Å². The molecule has 0 radical (unpaired) electrons. The second-order valence-electron chi connectivity index (χ2n) is 4.92. The largest absolute Gasteiger partial charge is 0.385 e. The Morgan fingerprint density at radius 1 is 1.10 bits per heavy atom. The maximum absolute atomic E-state index is 13.8. The van der Waals surface area contributed by atoms with E-state index in [0.29, 0.717) is 5.52 Å². The molecule has 0 saturated heterocycles. The van der Waals surface area contributed by atoms with Crippen molar-refractivity contribution in [2.75, 3.05) is 11.9 Å². The Hall–Kier alpha value is -2.36. The van der Waals surface area contributed by atoms with E-state index in [1.54, 1.807) is 6.07 Å².